The van der Waals surface area contributed by atoms with Crippen molar-refractivity contribution in [2.24, 2.45) is 5.73 Å². The van der Waals surface area contributed by atoms with Gasteiger partial charge in [-0.25, -0.2) is 4.79 Å². The van der Waals surface area contributed by atoms with Crippen LogP contribution in [0.2, 0.25) is 0 Å². The van der Waals surface area contributed by atoms with Crippen LogP contribution in [0.3, 0.4) is 0 Å². The Kier molecular flexibility index (Phi) is 16.8. The fraction of sp³-hybridized carbons (Fsp3) is 0.146. The van der Waals surface area contributed by atoms with Gasteiger partial charge in [-0.2, -0.15) is 0 Å². The molecule has 0 spiro atoms. The van der Waals surface area contributed by atoms with Gasteiger partial charge in [0.25, 0.3) is 29.3 Å². The van der Waals surface area contributed by atoms with E-state index in [1.807, 2.05) is 0 Å². The molecule has 6 amide bonds. The molecule has 19 heteroatoms. The molecule has 19 nitrogen and oxygen atoms in total. The third-order valence-corrected chi connectivity index (χ3v) is 9.20. The van der Waals surface area contributed by atoms with Gasteiger partial charge in [-0.3, -0.25) is 38.9 Å². The zero-order valence-electron chi connectivity index (χ0n) is 36.2. The van der Waals surface area contributed by atoms with Crippen LogP contribution < -0.4 is 41.8 Å². The van der Waals surface area contributed by atoms with Crippen LogP contribution in [0.25, 0.3) is 0 Å². The molecule has 0 fully saturated rings. The molecule has 0 unspecified atom stereocenters. The topological polar surface area (TPSA) is 276 Å². The van der Waals surface area contributed by atoms with Gasteiger partial charge in [0, 0.05) is 45.9 Å². The number of rotatable bonds is 21. The Morgan fingerprint density at radius 2 is 1.12 bits per heavy atom. The molecule has 0 aliphatic carbocycles. The molecule has 67 heavy (non-hydrogen) atoms. The van der Waals surface area contributed by atoms with Crippen LogP contribution in [-0.4, -0.2) is 71.7 Å². The van der Waals surface area contributed by atoms with E-state index in [-0.39, 0.29) is 69.6 Å². The molecular formula is C48H45N7O12. The van der Waals surface area contributed by atoms with Crippen molar-refractivity contribution in [3.8, 4) is 11.5 Å². The molecular weight excluding hydrogens is 867 g/mol. The third-order valence-electron chi connectivity index (χ3n) is 9.20. The van der Waals surface area contributed by atoms with Gasteiger partial charge in [-0.15, -0.1) is 0 Å². The molecule has 5 aromatic rings. The largest absolute Gasteiger partial charge is 0.485 e. The lowest BCUT2D eigenvalue weighted by Crippen LogP contribution is -2.46. The van der Waals surface area contributed by atoms with Crippen molar-refractivity contribution in [2.45, 2.75) is 32.4 Å². The van der Waals surface area contributed by atoms with E-state index < -0.39 is 64.9 Å². The number of nitro groups is 1. The van der Waals surface area contributed by atoms with Gasteiger partial charge in [0.15, 0.2) is 11.5 Å². The summed E-state index contributed by atoms with van der Waals surface area (Å²) in [6, 6.07) is 23.8. The van der Waals surface area contributed by atoms with Crippen LogP contribution in [0, 0.1) is 10.1 Å². The van der Waals surface area contributed by atoms with Crippen molar-refractivity contribution in [3.63, 3.8) is 0 Å². The van der Waals surface area contributed by atoms with Gasteiger partial charge in [-0.1, -0.05) is 25.3 Å². The number of primary amides is 1. The Labute approximate surface area is 383 Å². The molecule has 1 atom stereocenters. The third kappa shape index (κ3) is 13.7. The number of carbonyl (C=O) groups is 7. The summed E-state index contributed by atoms with van der Waals surface area (Å²) in [7, 11) is 0. The van der Waals surface area contributed by atoms with Gasteiger partial charge in [0.2, 0.25) is 11.8 Å². The number of esters is 1. The normalized spacial score (nSPS) is 10.9. The summed E-state index contributed by atoms with van der Waals surface area (Å²) in [6.07, 6.45) is 1.93. The Hall–Kier alpha value is -9.13. The Bertz CT molecular complexity index is 2680. The standard InChI is InChI=1S/C48H45N7O12/c1-5-25-65-41-37(46(60)51-34-19-11-32(12-20-34)48(62)66-26-6-2)23-24-38(42(41)67-28(3)4)53-44(58)29-9-17-35(18-10-29)52-47(61)39(27-40(49)56)54-45(59)30-7-15-33(16-8-30)50-43(57)31-13-21-36(22-14-31)55(63)64/h5-24,28,39H,1-2,25-27H2,3-4H3,(H2,49,56)(H,50,57)(H,51,60)(H,52,61)(H,53,58)(H,54,59)/t39-/m0/s1. The second-order valence-corrected chi connectivity index (χ2v) is 14.6. The maximum absolute atomic E-state index is 13.6. The monoisotopic (exact) mass is 911 g/mol. The highest BCUT2D eigenvalue weighted by atomic mass is 16.6. The lowest BCUT2D eigenvalue weighted by atomic mass is 10.1. The minimum atomic E-state index is -1.41. The summed E-state index contributed by atoms with van der Waals surface area (Å²) in [5.74, 6) is -4.59. The van der Waals surface area contributed by atoms with Crippen molar-refractivity contribution >= 4 is 69.8 Å². The van der Waals surface area contributed by atoms with Crippen LogP contribution >= 0.6 is 0 Å². The minimum absolute atomic E-state index is 0.0198. The second-order valence-electron chi connectivity index (χ2n) is 14.6. The molecule has 5 aromatic carbocycles. The number of amides is 6. The fourth-order valence-corrected chi connectivity index (χ4v) is 6.01. The van der Waals surface area contributed by atoms with Gasteiger partial charge in [0.05, 0.1) is 34.3 Å². The number of non-ortho nitro benzene ring substituents is 1. The van der Waals surface area contributed by atoms with E-state index in [1.165, 1.54) is 121 Å². The zero-order chi connectivity index (χ0) is 48.6. The van der Waals surface area contributed by atoms with Crippen LogP contribution in [0.1, 0.15) is 72.1 Å². The number of nitrogens with zero attached hydrogens (tertiary/aromatic N) is 1. The number of anilines is 4. The minimum Gasteiger partial charge on any atom is -0.485 e. The van der Waals surface area contributed by atoms with Crippen molar-refractivity contribution in [3.05, 3.63) is 172 Å². The Morgan fingerprint density at radius 1 is 0.627 bits per heavy atom. The summed E-state index contributed by atoms with van der Waals surface area (Å²) in [4.78, 5) is 101. The second kappa shape index (κ2) is 23.0. The molecule has 5 rings (SSSR count). The summed E-state index contributed by atoms with van der Waals surface area (Å²) >= 11 is 0. The molecule has 0 saturated carbocycles. The van der Waals surface area contributed by atoms with Crippen molar-refractivity contribution < 1.29 is 52.7 Å². The number of nitro benzene ring substituents is 1. The first kappa shape index (κ1) is 48.9. The molecule has 0 bridgehead atoms. The summed E-state index contributed by atoms with van der Waals surface area (Å²) in [5.41, 5.74) is 7.01. The Balaban J connectivity index is 1.25. The van der Waals surface area contributed by atoms with E-state index in [4.69, 9.17) is 19.9 Å². The molecule has 0 saturated heterocycles. The summed E-state index contributed by atoms with van der Waals surface area (Å²) in [6.45, 7) is 10.7. The van der Waals surface area contributed by atoms with E-state index in [2.05, 4.69) is 39.7 Å². The average Bonchev–Trinajstić information content (AvgIpc) is 3.30. The quantitative estimate of drug-likeness (QED) is 0.0195. The SMILES string of the molecule is C=CCOC(=O)c1ccc(NC(=O)c2ccc(NC(=O)c3ccc(NC(=O)[C@H](CC(N)=O)NC(=O)c4ccc(NC(=O)c5ccc([N+](=O)[O-])cc5)cc4)cc3)c(OC(C)C)c2OCC=C)cc1. The lowest BCUT2D eigenvalue weighted by molar-refractivity contribution is -0.384. The van der Waals surface area contributed by atoms with Crippen molar-refractivity contribution in [1.82, 2.24) is 5.32 Å². The van der Waals surface area contributed by atoms with E-state index in [0.29, 0.717) is 11.4 Å². The molecule has 0 heterocycles. The van der Waals surface area contributed by atoms with Crippen LogP contribution in [0.4, 0.5) is 28.4 Å². The van der Waals surface area contributed by atoms with E-state index in [1.54, 1.807) is 13.8 Å². The highest BCUT2D eigenvalue weighted by molar-refractivity contribution is 6.10. The van der Waals surface area contributed by atoms with Gasteiger partial charge in [-0.05, 0) is 111 Å². The fourth-order valence-electron chi connectivity index (χ4n) is 6.01. The predicted octanol–water partition coefficient (Wildman–Crippen LogP) is 6.66. The van der Waals surface area contributed by atoms with Crippen molar-refractivity contribution in [1.29, 1.82) is 0 Å². The predicted molar refractivity (Wildman–Crippen MR) is 248 cm³/mol. The Morgan fingerprint density at radius 3 is 1.64 bits per heavy atom. The van der Waals surface area contributed by atoms with E-state index >= 15 is 0 Å². The van der Waals surface area contributed by atoms with Crippen LogP contribution in [0.15, 0.2) is 135 Å². The number of hydrogen-bond acceptors (Lipinski definition) is 12. The first-order chi connectivity index (χ1) is 32.1. The number of nitrogens with two attached hydrogens (primary N) is 1. The van der Waals surface area contributed by atoms with Gasteiger partial charge < -0.3 is 46.5 Å². The maximum atomic E-state index is 13.6. The number of carbonyl (C=O) groups excluding carboxylic acids is 7. The number of ether oxygens (including phenoxy) is 3. The van der Waals surface area contributed by atoms with E-state index in [9.17, 15) is 43.7 Å². The highest BCUT2D eigenvalue weighted by Gasteiger charge is 2.26. The van der Waals surface area contributed by atoms with Crippen LogP contribution in [-0.2, 0) is 14.3 Å². The summed E-state index contributed by atoms with van der Waals surface area (Å²) in [5, 5.41) is 24.1. The molecule has 344 valence electrons. The first-order valence-electron chi connectivity index (χ1n) is 20.3. The summed E-state index contributed by atoms with van der Waals surface area (Å²) < 4.78 is 17.1. The van der Waals surface area contributed by atoms with Gasteiger partial charge >= 0.3 is 5.97 Å². The first-order valence-corrected chi connectivity index (χ1v) is 20.3. The number of benzene rings is 5. The molecule has 0 aliphatic heterocycles. The van der Waals surface area contributed by atoms with E-state index in [0.717, 1.165) is 0 Å². The highest BCUT2D eigenvalue weighted by Crippen LogP contribution is 2.40. The van der Waals surface area contributed by atoms with Crippen LogP contribution in [0.5, 0.6) is 11.5 Å². The molecule has 0 aromatic heterocycles. The molecule has 0 aliphatic rings. The average molecular weight is 912 g/mol. The zero-order valence-corrected chi connectivity index (χ0v) is 36.2. The van der Waals surface area contributed by atoms with Gasteiger partial charge in [0.1, 0.15) is 19.3 Å². The molecule has 7 N–H and O–H groups in total. The number of hydrogen-bond donors (Lipinski definition) is 6. The molecule has 0 radical (unpaired) electrons. The lowest BCUT2D eigenvalue weighted by Gasteiger charge is -2.21. The smallest absolute Gasteiger partial charge is 0.338 e. The number of nitrogens with one attached hydrogen (secondary N) is 5. The maximum Gasteiger partial charge on any atom is 0.338 e. The van der Waals surface area contributed by atoms with Crippen molar-refractivity contribution in [2.75, 3.05) is 34.5 Å².